The summed E-state index contributed by atoms with van der Waals surface area (Å²) in [7, 11) is 3.38. The van der Waals surface area contributed by atoms with E-state index >= 15 is 0 Å². The first-order valence-corrected chi connectivity index (χ1v) is 7.28. The second-order valence-electron chi connectivity index (χ2n) is 5.22. The van der Waals surface area contributed by atoms with E-state index in [0.717, 1.165) is 18.0 Å². The second-order valence-corrected chi connectivity index (χ2v) is 5.22. The predicted molar refractivity (Wildman–Crippen MR) is 77.9 cm³/mol. The van der Waals surface area contributed by atoms with Gasteiger partial charge >= 0.3 is 0 Å². The molecule has 0 radical (unpaired) electrons. The maximum atomic E-state index is 5.47. The van der Waals surface area contributed by atoms with Crippen molar-refractivity contribution in [3.05, 3.63) is 23.8 Å². The molecule has 0 unspecified atom stereocenters. The number of ether oxygens (including phenoxy) is 2. The van der Waals surface area contributed by atoms with Crippen molar-refractivity contribution in [2.45, 2.75) is 51.1 Å². The van der Waals surface area contributed by atoms with Crippen LogP contribution in [-0.4, -0.2) is 20.3 Å². The molecule has 0 heterocycles. The van der Waals surface area contributed by atoms with E-state index in [0.29, 0.717) is 6.04 Å². The normalized spacial score (nSPS) is 16.9. The summed E-state index contributed by atoms with van der Waals surface area (Å²) in [4.78, 5) is 0. The summed E-state index contributed by atoms with van der Waals surface area (Å²) in [5.41, 5.74) is 1.17. The van der Waals surface area contributed by atoms with Gasteiger partial charge in [-0.3, -0.25) is 0 Å². The monoisotopic (exact) mass is 263 g/mol. The first kappa shape index (κ1) is 14.2. The SMILES string of the molecule is COc1cccc(CNC2CCCCCC2)c1OC. The molecule has 2 rings (SSSR count). The highest BCUT2D eigenvalue weighted by Crippen LogP contribution is 2.30. The van der Waals surface area contributed by atoms with Crippen molar-refractivity contribution in [1.82, 2.24) is 5.32 Å². The Labute approximate surface area is 116 Å². The Bertz CT molecular complexity index is 384. The minimum Gasteiger partial charge on any atom is -0.493 e. The molecule has 3 nitrogen and oxygen atoms in total. The molecule has 0 saturated heterocycles. The fraction of sp³-hybridized carbons (Fsp3) is 0.625. The Morgan fingerprint density at radius 3 is 2.42 bits per heavy atom. The Kier molecular flexibility index (Phi) is 5.52. The van der Waals surface area contributed by atoms with Gasteiger partial charge in [0.1, 0.15) is 0 Å². The van der Waals surface area contributed by atoms with Crippen LogP contribution in [0.2, 0.25) is 0 Å². The molecule has 0 bridgehead atoms. The third-order valence-corrected chi connectivity index (χ3v) is 3.92. The van der Waals surface area contributed by atoms with Gasteiger partial charge in [0.05, 0.1) is 14.2 Å². The van der Waals surface area contributed by atoms with Crippen molar-refractivity contribution >= 4 is 0 Å². The first-order valence-electron chi connectivity index (χ1n) is 7.28. The van der Waals surface area contributed by atoms with E-state index in [2.05, 4.69) is 11.4 Å². The summed E-state index contributed by atoms with van der Waals surface area (Å²) in [6, 6.07) is 6.71. The molecule has 1 aromatic rings. The van der Waals surface area contributed by atoms with E-state index in [-0.39, 0.29) is 0 Å². The summed E-state index contributed by atoms with van der Waals surface area (Å²) < 4.78 is 10.8. The number of hydrogen-bond donors (Lipinski definition) is 1. The fourth-order valence-electron chi connectivity index (χ4n) is 2.83. The van der Waals surface area contributed by atoms with Gasteiger partial charge in [-0.25, -0.2) is 0 Å². The van der Waals surface area contributed by atoms with Crippen LogP contribution >= 0.6 is 0 Å². The topological polar surface area (TPSA) is 30.5 Å². The largest absolute Gasteiger partial charge is 0.493 e. The smallest absolute Gasteiger partial charge is 0.165 e. The molecule has 0 amide bonds. The molecule has 1 N–H and O–H groups in total. The molecule has 0 aromatic heterocycles. The fourth-order valence-corrected chi connectivity index (χ4v) is 2.83. The Morgan fingerprint density at radius 1 is 1.05 bits per heavy atom. The number of hydrogen-bond acceptors (Lipinski definition) is 3. The van der Waals surface area contributed by atoms with Crippen molar-refractivity contribution < 1.29 is 9.47 Å². The number of benzene rings is 1. The van der Waals surface area contributed by atoms with E-state index in [1.807, 2.05) is 12.1 Å². The van der Waals surface area contributed by atoms with Crippen molar-refractivity contribution in [3.8, 4) is 11.5 Å². The number of rotatable bonds is 5. The minimum absolute atomic E-state index is 0.651. The van der Waals surface area contributed by atoms with Gasteiger partial charge in [0, 0.05) is 18.2 Å². The zero-order chi connectivity index (χ0) is 13.5. The van der Waals surface area contributed by atoms with Gasteiger partial charge in [0.25, 0.3) is 0 Å². The molecule has 19 heavy (non-hydrogen) atoms. The van der Waals surface area contributed by atoms with Gasteiger partial charge in [-0.05, 0) is 18.9 Å². The van der Waals surface area contributed by atoms with Crippen LogP contribution in [0.4, 0.5) is 0 Å². The highest BCUT2D eigenvalue weighted by atomic mass is 16.5. The van der Waals surface area contributed by atoms with Crippen LogP contribution in [0, 0.1) is 0 Å². The summed E-state index contributed by atoms with van der Waals surface area (Å²) in [6.45, 7) is 0.852. The Balaban J connectivity index is 1.98. The van der Waals surface area contributed by atoms with Gasteiger partial charge in [0.2, 0.25) is 0 Å². The maximum absolute atomic E-state index is 5.47. The van der Waals surface area contributed by atoms with Crippen molar-refractivity contribution in [1.29, 1.82) is 0 Å². The summed E-state index contributed by atoms with van der Waals surface area (Å²) in [5, 5.41) is 3.67. The first-order chi connectivity index (χ1) is 9.35. The van der Waals surface area contributed by atoms with Gasteiger partial charge in [-0.2, -0.15) is 0 Å². The molecule has 1 saturated carbocycles. The molecular formula is C16H25NO2. The van der Waals surface area contributed by atoms with Gasteiger partial charge in [-0.1, -0.05) is 37.8 Å². The summed E-state index contributed by atoms with van der Waals surface area (Å²) >= 11 is 0. The lowest BCUT2D eigenvalue weighted by Gasteiger charge is -2.18. The predicted octanol–water partition coefficient (Wildman–Crippen LogP) is 3.52. The molecular weight excluding hydrogens is 238 g/mol. The zero-order valence-corrected chi connectivity index (χ0v) is 12.1. The van der Waals surface area contributed by atoms with E-state index in [1.54, 1.807) is 14.2 Å². The van der Waals surface area contributed by atoms with Crippen LogP contribution in [0.25, 0.3) is 0 Å². The van der Waals surface area contributed by atoms with Crippen molar-refractivity contribution in [2.24, 2.45) is 0 Å². The molecule has 1 aromatic carbocycles. The minimum atomic E-state index is 0.651. The van der Waals surface area contributed by atoms with Crippen molar-refractivity contribution in [2.75, 3.05) is 14.2 Å². The van der Waals surface area contributed by atoms with E-state index in [4.69, 9.17) is 9.47 Å². The van der Waals surface area contributed by atoms with E-state index in [1.165, 1.54) is 44.1 Å². The lowest BCUT2D eigenvalue weighted by molar-refractivity contribution is 0.349. The Morgan fingerprint density at radius 2 is 1.79 bits per heavy atom. The number of nitrogens with one attached hydrogen (secondary N) is 1. The maximum Gasteiger partial charge on any atom is 0.165 e. The highest BCUT2D eigenvalue weighted by Gasteiger charge is 2.14. The molecule has 0 spiro atoms. The molecule has 3 heteroatoms. The molecule has 0 atom stereocenters. The van der Waals surface area contributed by atoms with E-state index < -0.39 is 0 Å². The molecule has 1 fully saturated rings. The second kappa shape index (κ2) is 7.39. The average Bonchev–Trinajstić information content (AvgIpc) is 2.73. The van der Waals surface area contributed by atoms with Crippen LogP contribution in [0.5, 0.6) is 11.5 Å². The van der Waals surface area contributed by atoms with Crippen LogP contribution in [0.3, 0.4) is 0 Å². The van der Waals surface area contributed by atoms with E-state index in [9.17, 15) is 0 Å². The number of methoxy groups -OCH3 is 2. The molecule has 1 aliphatic rings. The third kappa shape index (κ3) is 3.87. The van der Waals surface area contributed by atoms with Crippen LogP contribution in [0.15, 0.2) is 18.2 Å². The summed E-state index contributed by atoms with van der Waals surface area (Å²) in [6.07, 6.45) is 8.08. The van der Waals surface area contributed by atoms with Crippen LogP contribution < -0.4 is 14.8 Å². The number of para-hydroxylation sites is 1. The zero-order valence-electron chi connectivity index (χ0n) is 12.1. The molecule has 1 aliphatic carbocycles. The summed E-state index contributed by atoms with van der Waals surface area (Å²) in [5.74, 6) is 1.66. The Hall–Kier alpha value is -1.22. The van der Waals surface area contributed by atoms with Crippen LogP contribution in [-0.2, 0) is 6.54 Å². The third-order valence-electron chi connectivity index (χ3n) is 3.92. The molecule has 106 valence electrons. The van der Waals surface area contributed by atoms with Gasteiger partial charge in [0.15, 0.2) is 11.5 Å². The van der Waals surface area contributed by atoms with Gasteiger partial charge < -0.3 is 14.8 Å². The van der Waals surface area contributed by atoms with Crippen LogP contribution in [0.1, 0.15) is 44.1 Å². The van der Waals surface area contributed by atoms with Gasteiger partial charge in [-0.15, -0.1) is 0 Å². The lowest BCUT2D eigenvalue weighted by Crippen LogP contribution is -2.28. The highest BCUT2D eigenvalue weighted by molar-refractivity contribution is 5.46. The van der Waals surface area contributed by atoms with Crippen molar-refractivity contribution in [3.63, 3.8) is 0 Å². The lowest BCUT2D eigenvalue weighted by atomic mass is 10.1. The standard InChI is InChI=1S/C16H25NO2/c1-18-15-11-7-8-13(16(15)19-2)12-17-14-9-5-3-4-6-10-14/h7-8,11,14,17H,3-6,9-10,12H2,1-2H3. The molecule has 0 aliphatic heterocycles. The average molecular weight is 263 g/mol. The quantitative estimate of drug-likeness (QED) is 0.825.